The Morgan fingerprint density at radius 2 is 1.73 bits per heavy atom. The number of hydrogen-bond acceptors (Lipinski definition) is 5. The largest absolute Gasteiger partial charge is 0.497 e. The molecule has 0 aliphatic heterocycles. The number of esters is 1. The number of benzene rings is 2. The van der Waals surface area contributed by atoms with Crippen molar-refractivity contribution in [3.05, 3.63) is 53.6 Å². The molecule has 2 aromatic rings. The molecule has 0 heterocycles. The van der Waals surface area contributed by atoms with Gasteiger partial charge >= 0.3 is 5.97 Å². The van der Waals surface area contributed by atoms with E-state index in [1.807, 2.05) is 24.3 Å². The van der Waals surface area contributed by atoms with Crippen LogP contribution in [0.1, 0.15) is 29.8 Å². The first kappa shape index (κ1) is 19.3. The first-order valence-electron chi connectivity index (χ1n) is 8.31. The molecule has 6 heteroatoms. The van der Waals surface area contributed by atoms with E-state index >= 15 is 0 Å². The molecular formula is C20H23NO5. The lowest BCUT2D eigenvalue weighted by Gasteiger charge is -2.15. The topological polar surface area (TPSA) is 73.9 Å². The molecule has 2 aromatic carbocycles. The van der Waals surface area contributed by atoms with Gasteiger partial charge in [-0.2, -0.15) is 0 Å². The van der Waals surface area contributed by atoms with E-state index in [1.54, 1.807) is 12.1 Å². The molecule has 6 nitrogen and oxygen atoms in total. The SMILES string of the molecule is CCc1ccc(NC(=O)[C@H](C)OC(=O)c2cc(OC)ccc2OC)cc1. The number of nitrogens with one attached hydrogen (secondary N) is 1. The lowest BCUT2D eigenvalue weighted by Crippen LogP contribution is -2.30. The maximum atomic E-state index is 12.4. The molecule has 1 amide bonds. The van der Waals surface area contributed by atoms with Crippen LogP contribution in [0.4, 0.5) is 5.69 Å². The fourth-order valence-electron chi connectivity index (χ4n) is 2.32. The highest BCUT2D eigenvalue weighted by atomic mass is 16.5. The number of amides is 1. The molecule has 0 saturated carbocycles. The van der Waals surface area contributed by atoms with Crippen LogP contribution >= 0.6 is 0 Å². The Bertz CT molecular complexity index is 770. The maximum absolute atomic E-state index is 12.4. The fraction of sp³-hybridized carbons (Fsp3) is 0.300. The highest BCUT2D eigenvalue weighted by Crippen LogP contribution is 2.25. The van der Waals surface area contributed by atoms with Gasteiger partial charge in [0.15, 0.2) is 6.10 Å². The van der Waals surface area contributed by atoms with Crippen molar-refractivity contribution in [2.45, 2.75) is 26.4 Å². The molecule has 0 unspecified atom stereocenters. The van der Waals surface area contributed by atoms with Gasteiger partial charge in [-0.05, 0) is 49.2 Å². The van der Waals surface area contributed by atoms with Crippen LogP contribution in [-0.2, 0) is 16.0 Å². The zero-order valence-corrected chi connectivity index (χ0v) is 15.4. The molecule has 0 spiro atoms. The van der Waals surface area contributed by atoms with Crippen molar-refractivity contribution >= 4 is 17.6 Å². The molecule has 0 aliphatic carbocycles. The molecule has 26 heavy (non-hydrogen) atoms. The Kier molecular flexibility index (Phi) is 6.60. The number of ether oxygens (including phenoxy) is 3. The van der Waals surface area contributed by atoms with Crippen LogP contribution in [0.25, 0.3) is 0 Å². The smallest absolute Gasteiger partial charge is 0.342 e. The average Bonchev–Trinajstić information content (AvgIpc) is 2.67. The lowest BCUT2D eigenvalue weighted by molar-refractivity contribution is -0.123. The van der Waals surface area contributed by atoms with Crippen LogP contribution in [0.15, 0.2) is 42.5 Å². The summed E-state index contributed by atoms with van der Waals surface area (Å²) in [6.07, 6.45) is -0.0470. The maximum Gasteiger partial charge on any atom is 0.342 e. The van der Waals surface area contributed by atoms with Gasteiger partial charge in [0.05, 0.1) is 14.2 Å². The summed E-state index contributed by atoms with van der Waals surface area (Å²) in [5.74, 6) is -0.237. The van der Waals surface area contributed by atoms with Crippen LogP contribution in [0.5, 0.6) is 11.5 Å². The summed E-state index contributed by atoms with van der Waals surface area (Å²) in [7, 11) is 2.95. The molecule has 0 radical (unpaired) electrons. The molecule has 0 saturated heterocycles. The van der Waals surface area contributed by atoms with Crippen LogP contribution in [0, 0.1) is 0 Å². The van der Waals surface area contributed by atoms with Crippen molar-refractivity contribution in [1.29, 1.82) is 0 Å². The first-order chi connectivity index (χ1) is 12.5. The number of anilines is 1. The number of carbonyl (C=O) groups is 2. The second-order valence-electron chi connectivity index (χ2n) is 5.65. The second-order valence-corrected chi connectivity index (χ2v) is 5.65. The van der Waals surface area contributed by atoms with Gasteiger partial charge in [-0.15, -0.1) is 0 Å². The molecule has 0 bridgehead atoms. The van der Waals surface area contributed by atoms with Crippen molar-refractivity contribution in [3.63, 3.8) is 0 Å². The minimum absolute atomic E-state index is 0.193. The van der Waals surface area contributed by atoms with E-state index in [2.05, 4.69) is 12.2 Å². The predicted octanol–water partition coefficient (Wildman–Crippen LogP) is 3.45. The number of carbonyl (C=O) groups excluding carboxylic acids is 2. The van der Waals surface area contributed by atoms with E-state index in [9.17, 15) is 9.59 Å². The van der Waals surface area contributed by atoms with E-state index in [4.69, 9.17) is 14.2 Å². The van der Waals surface area contributed by atoms with E-state index in [-0.39, 0.29) is 5.56 Å². The molecule has 0 fully saturated rings. The van der Waals surface area contributed by atoms with Crippen molar-refractivity contribution in [2.75, 3.05) is 19.5 Å². The first-order valence-corrected chi connectivity index (χ1v) is 8.31. The third-order valence-electron chi connectivity index (χ3n) is 3.91. The summed E-state index contributed by atoms with van der Waals surface area (Å²) >= 11 is 0. The van der Waals surface area contributed by atoms with E-state index in [1.165, 1.54) is 32.8 Å². The lowest BCUT2D eigenvalue weighted by atomic mass is 10.1. The Morgan fingerprint density at radius 1 is 1.04 bits per heavy atom. The monoisotopic (exact) mass is 357 g/mol. The van der Waals surface area contributed by atoms with Crippen molar-refractivity contribution in [3.8, 4) is 11.5 Å². The van der Waals surface area contributed by atoms with E-state index in [0.29, 0.717) is 17.2 Å². The molecule has 1 atom stereocenters. The van der Waals surface area contributed by atoms with Crippen LogP contribution in [-0.4, -0.2) is 32.2 Å². The number of rotatable bonds is 7. The van der Waals surface area contributed by atoms with Gasteiger partial charge in [-0.25, -0.2) is 4.79 Å². The average molecular weight is 357 g/mol. The molecule has 138 valence electrons. The Labute approximate surface area is 153 Å². The van der Waals surface area contributed by atoms with Gasteiger partial charge in [-0.1, -0.05) is 19.1 Å². The minimum Gasteiger partial charge on any atom is -0.497 e. The summed E-state index contributed by atoms with van der Waals surface area (Å²) in [4.78, 5) is 24.7. The minimum atomic E-state index is -0.968. The Hall–Kier alpha value is -3.02. The molecule has 0 aliphatic rings. The number of hydrogen-bond donors (Lipinski definition) is 1. The van der Waals surface area contributed by atoms with Gasteiger partial charge < -0.3 is 19.5 Å². The van der Waals surface area contributed by atoms with E-state index < -0.39 is 18.0 Å². The van der Waals surface area contributed by atoms with Crippen LogP contribution < -0.4 is 14.8 Å². The summed E-state index contributed by atoms with van der Waals surface area (Å²) < 4.78 is 15.6. The molecule has 0 aromatic heterocycles. The van der Waals surface area contributed by atoms with Crippen LogP contribution in [0.3, 0.4) is 0 Å². The summed E-state index contributed by atoms with van der Waals surface area (Å²) in [5.41, 5.74) is 2.01. The summed E-state index contributed by atoms with van der Waals surface area (Å²) in [6.45, 7) is 3.57. The fourth-order valence-corrected chi connectivity index (χ4v) is 2.32. The van der Waals surface area contributed by atoms with E-state index in [0.717, 1.165) is 6.42 Å². The zero-order valence-electron chi connectivity index (χ0n) is 15.4. The van der Waals surface area contributed by atoms with Gasteiger partial charge in [0, 0.05) is 5.69 Å². The van der Waals surface area contributed by atoms with Gasteiger partial charge in [0.25, 0.3) is 5.91 Å². The van der Waals surface area contributed by atoms with Gasteiger partial charge in [0.1, 0.15) is 17.1 Å². The van der Waals surface area contributed by atoms with Crippen molar-refractivity contribution in [1.82, 2.24) is 0 Å². The second kappa shape index (κ2) is 8.89. The molecule has 2 rings (SSSR count). The molecule has 1 N–H and O–H groups in total. The standard InChI is InChI=1S/C20H23NO5/c1-5-14-6-8-15(9-7-14)21-19(22)13(2)26-20(23)17-12-16(24-3)10-11-18(17)25-4/h6-13H,5H2,1-4H3,(H,21,22)/t13-/m0/s1. The Morgan fingerprint density at radius 3 is 2.31 bits per heavy atom. The third-order valence-corrected chi connectivity index (χ3v) is 3.91. The normalized spacial score (nSPS) is 11.4. The summed E-state index contributed by atoms with van der Waals surface area (Å²) in [6, 6.07) is 12.3. The third kappa shape index (κ3) is 4.75. The highest BCUT2D eigenvalue weighted by molar-refractivity contribution is 5.98. The molecular weight excluding hydrogens is 334 g/mol. The quantitative estimate of drug-likeness (QED) is 0.768. The zero-order chi connectivity index (χ0) is 19.1. The van der Waals surface area contributed by atoms with Gasteiger partial charge in [-0.3, -0.25) is 4.79 Å². The van der Waals surface area contributed by atoms with Crippen LogP contribution in [0.2, 0.25) is 0 Å². The number of methoxy groups -OCH3 is 2. The van der Waals surface area contributed by atoms with Gasteiger partial charge in [0.2, 0.25) is 0 Å². The summed E-state index contributed by atoms with van der Waals surface area (Å²) in [5, 5.41) is 2.73. The predicted molar refractivity (Wildman–Crippen MR) is 98.9 cm³/mol. The Balaban J connectivity index is 2.04. The number of aryl methyl sites for hydroxylation is 1. The highest BCUT2D eigenvalue weighted by Gasteiger charge is 2.22. The van der Waals surface area contributed by atoms with Crippen molar-refractivity contribution < 1.29 is 23.8 Å². The van der Waals surface area contributed by atoms with Crippen molar-refractivity contribution in [2.24, 2.45) is 0 Å².